The SMILES string of the molecule is COc1ccc2oc(-c3ccc(NC(=O)/C=C\c4ccc5c(c4)OCCO5)cc3)cc(=O)c2c1. The Morgan fingerprint density at radius 3 is 2.53 bits per heavy atom. The predicted molar refractivity (Wildman–Crippen MR) is 130 cm³/mol. The number of methoxy groups -OCH3 is 1. The zero-order chi connectivity index (χ0) is 23.5. The average molecular weight is 455 g/mol. The number of nitrogens with one attached hydrogen (secondary N) is 1. The maximum Gasteiger partial charge on any atom is 0.248 e. The fraction of sp³-hybridized carbons (Fsp3) is 0.111. The van der Waals surface area contributed by atoms with Crippen LogP contribution in [0.1, 0.15) is 5.56 Å². The van der Waals surface area contributed by atoms with Gasteiger partial charge >= 0.3 is 0 Å². The molecule has 0 atom stereocenters. The number of fused-ring (bicyclic) bond motifs is 2. The molecule has 34 heavy (non-hydrogen) atoms. The van der Waals surface area contributed by atoms with Crippen LogP contribution in [0.5, 0.6) is 17.2 Å². The molecule has 3 aromatic carbocycles. The maximum absolute atomic E-state index is 12.5. The molecule has 5 rings (SSSR count). The quantitative estimate of drug-likeness (QED) is 0.431. The smallest absolute Gasteiger partial charge is 0.248 e. The lowest BCUT2D eigenvalue weighted by atomic mass is 10.1. The molecule has 1 aliphatic rings. The highest BCUT2D eigenvalue weighted by molar-refractivity contribution is 6.02. The van der Waals surface area contributed by atoms with Gasteiger partial charge in [-0.15, -0.1) is 0 Å². The van der Waals surface area contributed by atoms with Crippen LogP contribution in [0.4, 0.5) is 5.69 Å². The number of anilines is 1. The third-order valence-electron chi connectivity index (χ3n) is 5.36. The van der Waals surface area contributed by atoms with Crippen LogP contribution in [0.2, 0.25) is 0 Å². The van der Waals surface area contributed by atoms with Crippen molar-refractivity contribution in [1.29, 1.82) is 0 Å². The van der Waals surface area contributed by atoms with Crippen LogP contribution in [0.3, 0.4) is 0 Å². The van der Waals surface area contributed by atoms with Crippen molar-refractivity contribution in [3.63, 3.8) is 0 Å². The van der Waals surface area contributed by atoms with Gasteiger partial charge in [0.05, 0.1) is 12.5 Å². The number of carbonyl (C=O) groups is 1. The van der Waals surface area contributed by atoms with Crippen LogP contribution < -0.4 is 25.0 Å². The molecule has 0 unspecified atom stereocenters. The summed E-state index contributed by atoms with van der Waals surface area (Å²) in [5.74, 6) is 2.14. The lowest BCUT2D eigenvalue weighted by Gasteiger charge is -2.18. The molecule has 170 valence electrons. The molecule has 1 aromatic heterocycles. The molecule has 1 N–H and O–H groups in total. The van der Waals surface area contributed by atoms with Gasteiger partial charge in [0.2, 0.25) is 5.91 Å². The second-order valence-corrected chi connectivity index (χ2v) is 7.64. The second kappa shape index (κ2) is 9.15. The maximum atomic E-state index is 12.5. The summed E-state index contributed by atoms with van der Waals surface area (Å²) >= 11 is 0. The zero-order valence-corrected chi connectivity index (χ0v) is 18.4. The Hall–Kier alpha value is -4.52. The largest absolute Gasteiger partial charge is 0.497 e. The van der Waals surface area contributed by atoms with Gasteiger partial charge in [0.15, 0.2) is 16.9 Å². The van der Waals surface area contributed by atoms with Crippen molar-refractivity contribution in [3.8, 4) is 28.6 Å². The van der Waals surface area contributed by atoms with Gasteiger partial charge < -0.3 is 23.9 Å². The molecule has 4 aromatic rings. The van der Waals surface area contributed by atoms with Gasteiger partial charge in [-0.1, -0.05) is 6.07 Å². The first-order valence-corrected chi connectivity index (χ1v) is 10.7. The van der Waals surface area contributed by atoms with E-state index in [0.29, 0.717) is 52.9 Å². The van der Waals surface area contributed by atoms with E-state index in [4.69, 9.17) is 18.6 Å². The van der Waals surface area contributed by atoms with Crippen molar-refractivity contribution in [3.05, 3.63) is 88.6 Å². The Bertz CT molecular complexity index is 1450. The van der Waals surface area contributed by atoms with E-state index < -0.39 is 0 Å². The Morgan fingerprint density at radius 1 is 0.941 bits per heavy atom. The Balaban J connectivity index is 1.28. The van der Waals surface area contributed by atoms with Crippen LogP contribution in [0.15, 0.2) is 82.0 Å². The van der Waals surface area contributed by atoms with Crippen LogP contribution >= 0.6 is 0 Å². The van der Waals surface area contributed by atoms with Gasteiger partial charge in [0.25, 0.3) is 0 Å². The molecule has 0 saturated heterocycles. The van der Waals surface area contributed by atoms with E-state index in [9.17, 15) is 9.59 Å². The van der Waals surface area contributed by atoms with Gasteiger partial charge in [0, 0.05) is 23.4 Å². The van der Waals surface area contributed by atoms with Crippen molar-refractivity contribution >= 4 is 28.6 Å². The van der Waals surface area contributed by atoms with Crippen molar-refractivity contribution < 1.29 is 23.4 Å². The summed E-state index contributed by atoms with van der Waals surface area (Å²) in [5, 5.41) is 3.27. The number of benzene rings is 3. The first-order valence-electron chi connectivity index (χ1n) is 10.7. The molecule has 1 aliphatic heterocycles. The lowest BCUT2D eigenvalue weighted by Crippen LogP contribution is -2.15. The van der Waals surface area contributed by atoms with E-state index in [1.165, 1.54) is 12.1 Å². The van der Waals surface area contributed by atoms with Crippen molar-refractivity contribution in [1.82, 2.24) is 0 Å². The number of amides is 1. The summed E-state index contributed by atoms with van der Waals surface area (Å²) in [4.78, 5) is 24.9. The van der Waals surface area contributed by atoms with Gasteiger partial charge in [-0.2, -0.15) is 0 Å². The van der Waals surface area contributed by atoms with Crippen molar-refractivity contribution in [2.45, 2.75) is 0 Å². The van der Waals surface area contributed by atoms with Crippen LogP contribution in [0.25, 0.3) is 28.4 Å². The highest BCUT2D eigenvalue weighted by Gasteiger charge is 2.11. The van der Waals surface area contributed by atoms with E-state index in [2.05, 4.69) is 5.32 Å². The molecule has 1 amide bonds. The summed E-state index contributed by atoms with van der Waals surface area (Å²) in [7, 11) is 1.55. The molecule has 7 nitrogen and oxygen atoms in total. The standard InChI is InChI=1S/C27H21NO6/c1-31-20-8-10-23-21(15-20)22(29)16-25(34-23)18-4-6-19(7-5-18)28-27(30)11-3-17-2-9-24-26(14-17)33-13-12-32-24/h2-11,14-16H,12-13H2,1H3,(H,28,30)/b11-3-. The first-order chi connectivity index (χ1) is 16.6. The molecule has 7 heteroatoms. The summed E-state index contributed by atoms with van der Waals surface area (Å²) < 4.78 is 22.1. The number of rotatable bonds is 5. The fourth-order valence-corrected chi connectivity index (χ4v) is 3.64. The highest BCUT2D eigenvalue weighted by Crippen LogP contribution is 2.31. The van der Waals surface area contributed by atoms with Gasteiger partial charge in [-0.05, 0) is 66.2 Å². The van der Waals surface area contributed by atoms with E-state index in [1.807, 2.05) is 18.2 Å². The predicted octanol–water partition coefficient (Wildman–Crippen LogP) is 4.89. The summed E-state index contributed by atoms with van der Waals surface area (Å²) in [5.41, 5.74) is 2.49. The number of carbonyl (C=O) groups excluding carboxylic acids is 1. The minimum atomic E-state index is -0.270. The topological polar surface area (TPSA) is 87.0 Å². The summed E-state index contributed by atoms with van der Waals surface area (Å²) in [6, 6.07) is 19.2. The number of ether oxygens (including phenoxy) is 3. The highest BCUT2D eigenvalue weighted by atomic mass is 16.6. The molecular weight excluding hydrogens is 434 g/mol. The third kappa shape index (κ3) is 4.49. The average Bonchev–Trinajstić information content (AvgIpc) is 2.87. The molecule has 0 saturated carbocycles. The van der Waals surface area contributed by atoms with Gasteiger partial charge in [-0.3, -0.25) is 9.59 Å². The lowest BCUT2D eigenvalue weighted by molar-refractivity contribution is -0.111. The molecule has 0 fully saturated rings. The fourth-order valence-electron chi connectivity index (χ4n) is 3.64. The second-order valence-electron chi connectivity index (χ2n) is 7.64. The molecule has 2 heterocycles. The zero-order valence-electron chi connectivity index (χ0n) is 18.4. The van der Waals surface area contributed by atoms with Crippen molar-refractivity contribution in [2.24, 2.45) is 0 Å². The van der Waals surface area contributed by atoms with Gasteiger partial charge in [0.1, 0.15) is 30.3 Å². The number of hydrogen-bond acceptors (Lipinski definition) is 6. The van der Waals surface area contributed by atoms with E-state index >= 15 is 0 Å². The molecule has 0 bridgehead atoms. The normalized spacial score (nSPS) is 12.6. The first kappa shape index (κ1) is 21.3. The number of hydrogen-bond donors (Lipinski definition) is 1. The van der Waals surface area contributed by atoms with Crippen LogP contribution in [0, 0.1) is 0 Å². The summed E-state index contributed by atoms with van der Waals surface area (Å²) in [6.07, 6.45) is 3.16. The van der Waals surface area contributed by atoms with Crippen LogP contribution in [-0.4, -0.2) is 26.2 Å². The third-order valence-corrected chi connectivity index (χ3v) is 5.36. The van der Waals surface area contributed by atoms with Gasteiger partial charge in [-0.25, -0.2) is 0 Å². The van der Waals surface area contributed by atoms with E-state index in [0.717, 1.165) is 11.1 Å². The minimum Gasteiger partial charge on any atom is -0.497 e. The van der Waals surface area contributed by atoms with Crippen molar-refractivity contribution in [2.75, 3.05) is 25.6 Å². The molecule has 0 aliphatic carbocycles. The minimum absolute atomic E-state index is 0.156. The molecule has 0 spiro atoms. The van der Waals surface area contributed by atoms with Crippen LogP contribution in [-0.2, 0) is 4.79 Å². The Labute approximate surface area is 195 Å². The Morgan fingerprint density at radius 2 is 1.74 bits per heavy atom. The van der Waals surface area contributed by atoms with E-state index in [1.54, 1.807) is 55.7 Å². The van der Waals surface area contributed by atoms with E-state index in [-0.39, 0.29) is 11.3 Å². The molecule has 0 radical (unpaired) electrons. The Kier molecular flexibility index (Phi) is 5.74. The summed E-state index contributed by atoms with van der Waals surface area (Å²) in [6.45, 7) is 1.04. The molecular formula is C27H21NO6. The monoisotopic (exact) mass is 455 g/mol.